The molecule has 0 unspecified atom stereocenters. The molecule has 0 aliphatic rings. The maximum atomic E-state index is 5.80. The molecular weight excluding hydrogens is 148 g/mol. The van der Waals surface area contributed by atoms with E-state index in [0.29, 0.717) is 6.54 Å². The van der Waals surface area contributed by atoms with Gasteiger partial charge in [0.2, 0.25) is 0 Å². The summed E-state index contributed by atoms with van der Waals surface area (Å²) in [5.74, 6) is 0. The van der Waals surface area contributed by atoms with Crippen molar-refractivity contribution in [3.63, 3.8) is 0 Å². The molecule has 54 valence electrons. The monoisotopic (exact) mass is 156 g/mol. The van der Waals surface area contributed by atoms with Gasteiger partial charge in [0.25, 0.3) is 0 Å². The van der Waals surface area contributed by atoms with Crippen LogP contribution in [0.25, 0.3) is 0 Å². The Hall–Kier alpha value is -0.600. The number of nitrogens with two attached hydrogens (primary N) is 1. The van der Waals surface area contributed by atoms with Crippen LogP contribution in [0.2, 0.25) is 5.02 Å². The molecule has 0 fully saturated rings. The average Bonchev–Trinajstić information content (AvgIpc) is 1.95. The molecule has 2 nitrogen and oxygen atoms in total. The summed E-state index contributed by atoms with van der Waals surface area (Å²) in [6.45, 7) is 2.36. The largest absolute Gasteiger partial charge is 0.325 e. The predicted octanol–water partition coefficient (Wildman–Crippen LogP) is 1.50. The van der Waals surface area contributed by atoms with Crippen molar-refractivity contribution >= 4 is 11.6 Å². The topological polar surface area (TPSA) is 38.9 Å². The van der Waals surface area contributed by atoms with Crippen LogP contribution in [0.5, 0.6) is 0 Å². The second kappa shape index (κ2) is 2.99. The Morgan fingerprint density at radius 1 is 1.70 bits per heavy atom. The van der Waals surface area contributed by atoms with E-state index in [4.69, 9.17) is 17.3 Å². The van der Waals surface area contributed by atoms with Crippen molar-refractivity contribution in [1.82, 2.24) is 4.98 Å². The fraction of sp³-hybridized carbons (Fsp3) is 0.286. The molecule has 0 saturated carbocycles. The molecule has 1 aromatic rings. The van der Waals surface area contributed by atoms with Gasteiger partial charge in [-0.05, 0) is 18.6 Å². The van der Waals surface area contributed by atoms with Crippen molar-refractivity contribution in [2.24, 2.45) is 5.73 Å². The summed E-state index contributed by atoms with van der Waals surface area (Å²) in [5, 5.41) is 0.732. The Labute approximate surface area is 65.0 Å². The van der Waals surface area contributed by atoms with E-state index in [2.05, 4.69) is 4.98 Å². The van der Waals surface area contributed by atoms with Crippen LogP contribution >= 0.6 is 11.6 Å². The highest BCUT2D eigenvalue weighted by Crippen LogP contribution is 2.13. The second-order valence-corrected chi connectivity index (χ2v) is 2.54. The van der Waals surface area contributed by atoms with E-state index in [1.165, 1.54) is 0 Å². The van der Waals surface area contributed by atoms with E-state index >= 15 is 0 Å². The average molecular weight is 157 g/mol. The summed E-state index contributed by atoms with van der Waals surface area (Å²) in [6, 6.07) is 1.79. The minimum absolute atomic E-state index is 0.444. The first kappa shape index (κ1) is 7.51. The molecule has 2 N–H and O–H groups in total. The quantitative estimate of drug-likeness (QED) is 0.670. The lowest BCUT2D eigenvalue weighted by Gasteiger charge is -1.98. The SMILES string of the molecule is Cc1cnc(CN)cc1Cl. The van der Waals surface area contributed by atoms with E-state index in [-0.39, 0.29) is 0 Å². The first-order valence-corrected chi connectivity index (χ1v) is 3.43. The van der Waals surface area contributed by atoms with Crippen molar-refractivity contribution in [2.75, 3.05) is 0 Å². The van der Waals surface area contributed by atoms with Gasteiger partial charge in [0, 0.05) is 17.8 Å². The fourth-order valence-corrected chi connectivity index (χ4v) is 0.825. The standard InChI is InChI=1S/C7H9ClN2/c1-5-4-10-6(3-9)2-7(5)8/h2,4H,3,9H2,1H3. The van der Waals surface area contributed by atoms with Crippen LogP contribution < -0.4 is 5.73 Å². The highest BCUT2D eigenvalue weighted by Gasteiger charge is 1.95. The van der Waals surface area contributed by atoms with E-state index < -0.39 is 0 Å². The van der Waals surface area contributed by atoms with E-state index in [1.54, 1.807) is 12.3 Å². The number of rotatable bonds is 1. The number of nitrogens with zero attached hydrogens (tertiary/aromatic N) is 1. The minimum atomic E-state index is 0.444. The van der Waals surface area contributed by atoms with E-state index in [9.17, 15) is 0 Å². The van der Waals surface area contributed by atoms with Gasteiger partial charge in [0.05, 0.1) is 5.69 Å². The van der Waals surface area contributed by atoms with Crippen LogP contribution in [-0.4, -0.2) is 4.98 Å². The molecule has 3 heteroatoms. The van der Waals surface area contributed by atoms with Gasteiger partial charge in [-0.3, -0.25) is 4.98 Å². The molecule has 1 heterocycles. The van der Waals surface area contributed by atoms with Gasteiger partial charge in [0.1, 0.15) is 0 Å². The van der Waals surface area contributed by atoms with Gasteiger partial charge in [-0.2, -0.15) is 0 Å². The molecule has 0 atom stereocenters. The number of aromatic nitrogens is 1. The van der Waals surface area contributed by atoms with Crippen LogP contribution in [0.15, 0.2) is 12.3 Å². The number of pyridine rings is 1. The third-order valence-corrected chi connectivity index (χ3v) is 1.71. The highest BCUT2D eigenvalue weighted by atomic mass is 35.5. The Kier molecular flexibility index (Phi) is 2.25. The number of hydrogen-bond donors (Lipinski definition) is 1. The number of halogens is 1. The smallest absolute Gasteiger partial charge is 0.0554 e. The Balaban J connectivity index is 3.04. The Bertz CT molecular complexity index is 235. The normalized spacial score (nSPS) is 9.90. The van der Waals surface area contributed by atoms with Crippen molar-refractivity contribution in [1.29, 1.82) is 0 Å². The summed E-state index contributed by atoms with van der Waals surface area (Å²) in [4.78, 5) is 4.05. The van der Waals surface area contributed by atoms with Gasteiger partial charge in [0.15, 0.2) is 0 Å². The second-order valence-electron chi connectivity index (χ2n) is 2.13. The summed E-state index contributed by atoms with van der Waals surface area (Å²) >= 11 is 5.80. The summed E-state index contributed by atoms with van der Waals surface area (Å²) in [7, 11) is 0. The van der Waals surface area contributed by atoms with Gasteiger partial charge in [-0.1, -0.05) is 11.6 Å². The van der Waals surface area contributed by atoms with Crippen LogP contribution in [0.3, 0.4) is 0 Å². The molecule has 0 spiro atoms. The number of aryl methyl sites for hydroxylation is 1. The lowest BCUT2D eigenvalue weighted by atomic mass is 10.3. The molecule has 1 rings (SSSR count). The molecule has 1 aromatic heterocycles. The van der Waals surface area contributed by atoms with Gasteiger partial charge < -0.3 is 5.73 Å². The molecule has 0 amide bonds. The highest BCUT2D eigenvalue weighted by molar-refractivity contribution is 6.31. The summed E-state index contributed by atoms with van der Waals surface area (Å²) < 4.78 is 0. The molecule has 0 aromatic carbocycles. The van der Waals surface area contributed by atoms with Crippen LogP contribution in [0.4, 0.5) is 0 Å². The lowest BCUT2D eigenvalue weighted by Crippen LogP contribution is -1.99. The van der Waals surface area contributed by atoms with Gasteiger partial charge in [-0.25, -0.2) is 0 Å². The number of hydrogen-bond acceptors (Lipinski definition) is 2. The molecule has 10 heavy (non-hydrogen) atoms. The lowest BCUT2D eigenvalue weighted by molar-refractivity contribution is 0.985. The van der Waals surface area contributed by atoms with E-state index in [0.717, 1.165) is 16.3 Å². The zero-order chi connectivity index (χ0) is 7.56. The van der Waals surface area contributed by atoms with Crippen molar-refractivity contribution in [3.8, 4) is 0 Å². The van der Waals surface area contributed by atoms with Crippen LogP contribution in [-0.2, 0) is 6.54 Å². The van der Waals surface area contributed by atoms with Crippen LogP contribution in [0.1, 0.15) is 11.3 Å². The molecule has 0 bridgehead atoms. The van der Waals surface area contributed by atoms with E-state index in [1.807, 2.05) is 6.92 Å². The Morgan fingerprint density at radius 3 is 2.90 bits per heavy atom. The van der Waals surface area contributed by atoms with Gasteiger partial charge in [-0.15, -0.1) is 0 Å². The minimum Gasteiger partial charge on any atom is -0.325 e. The predicted molar refractivity (Wildman–Crippen MR) is 41.9 cm³/mol. The third kappa shape index (κ3) is 1.46. The van der Waals surface area contributed by atoms with Crippen molar-refractivity contribution in [3.05, 3.63) is 28.5 Å². The molecule has 0 aliphatic carbocycles. The summed E-state index contributed by atoms with van der Waals surface area (Å²) in [5.41, 5.74) is 7.16. The molecule has 0 aliphatic heterocycles. The van der Waals surface area contributed by atoms with Crippen molar-refractivity contribution < 1.29 is 0 Å². The zero-order valence-corrected chi connectivity index (χ0v) is 6.52. The van der Waals surface area contributed by atoms with Crippen LogP contribution in [0, 0.1) is 6.92 Å². The fourth-order valence-electron chi connectivity index (χ4n) is 0.650. The maximum absolute atomic E-state index is 5.80. The molecule has 0 saturated heterocycles. The molecule has 0 radical (unpaired) electrons. The molecular formula is C7H9ClN2. The Morgan fingerprint density at radius 2 is 2.40 bits per heavy atom. The maximum Gasteiger partial charge on any atom is 0.0554 e. The van der Waals surface area contributed by atoms with Crippen molar-refractivity contribution in [2.45, 2.75) is 13.5 Å². The first-order chi connectivity index (χ1) is 4.74. The first-order valence-electron chi connectivity index (χ1n) is 3.05. The third-order valence-electron chi connectivity index (χ3n) is 1.30. The summed E-state index contributed by atoms with van der Waals surface area (Å²) in [6.07, 6.45) is 1.73. The van der Waals surface area contributed by atoms with Gasteiger partial charge >= 0.3 is 0 Å². The zero-order valence-electron chi connectivity index (χ0n) is 5.76.